The Balaban J connectivity index is 1.69. The van der Waals surface area contributed by atoms with E-state index in [2.05, 4.69) is 10.6 Å². The van der Waals surface area contributed by atoms with Crippen LogP contribution in [0.5, 0.6) is 11.5 Å². The molecular formula is C27H27ClN2O6. The third kappa shape index (κ3) is 7.48. The number of carbonyl (C=O) groups excluding carboxylic acids is 3. The van der Waals surface area contributed by atoms with Gasteiger partial charge in [0, 0.05) is 16.8 Å². The number of ether oxygens (including phenoxy) is 3. The fourth-order valence-corrected chi connectivity index (χ4v) is 3.36. The zero-order valence-corrected chi connectivity index (χ0v) is 20.9. The molecule has 0 spiro atoms. The molecule has 0 fully saturated rings. The van der Waals surface area contributed by atoms with Gasteiger partial charge >= 0.3 is 12.1 Å². The molecule has 0 unspecified atom stereocenters. The van der Waals surface area contributed by atoms with Crippen molar-refractivity contribution in [2.24, 2.45) is 5.92 Å². The Hall–Kier alpha value is -4.04. The Bertz CT molecular complexity index is 1200. The van der Waals surface area contributed by atoms with E-state index in [-0.39, 0.29) is 28.9 Å². The molecule has 0 heterocycles. The lowest BCUT2D eigenvalue weighted by Crippen LogP contribution is -2.46. The van der Waals surface area contributed by atoms with Crippen molar-refractivity contribution in [1.82, 2.24) is 5.32 Å². The van der Waals surface area contributed by atoms with Crippen molar-refractivity contribution in [3.63, 3.8) is 0 Å². The molecule has 1 atom stereocenters. The number of amides is 2. The summed E-state index contributed by atoms with van der Waals surface area (Å²) in [6, 6.07) is 19.2. The van der Waals surface area contributed by atoms with E-state index in [1.165, 1.54) is 18.2 Å². The van der Waals surface area contributed by atoms with Gasteiger partial charge in [0.25, 0.3) is 5.91 Å². The number of hydrogen-bond acceptors (Lipinski definition) is 6. The van der Waals surface area contributed by atoms with Crippen LogP contribution in [0.2, 0.25) is 5.02 Å². The lowest BCUT2D eigenvalue weighted by atomic mass is 10.0. The highest BCUT2D eigenvalue weighted by Crippen LogP contribution is 2.26. The van der Waals surface area contributed by atoms with Gasteiger partial charge in [0.05, 0.1) is 12.7 Å². The number of anilines is 1. The number of nitrogens with one attached hydrogen (secondary N) is 2. The van der Waals surface area contributed by atoms with E-state index in [1.807, 2.05) is 30.3 Å². The average Bonchev–Trinajstić information content (AvgIpc) is 2.87. The first-order valence-electron chi connectivity index (χ1n) is 11.2. The van der Waals surface area contributed by atoms with Crippen LogP contribution in [0.3, 0.4) is 0 Å². The summed E-state index contributed by atoms with van der Waals surface area (Å²) in [4.78, 5) is 38.2. The van der Waals surface area contributed by atoms with Gasteiger partial charge in [-0.25, -0.2) is 9.59 Å². The third-order valence-electron chi connectivity index (χ3n) is 5.15. The van der Waals surface area contributed by atoms with E-state index in [4.69, 9.17) is 25.8 Å². The third-order valence-corrected chi connectivity index (χ3v) is 5.39. The fourth-order valence-electron chi connectivity index (χ4n) is 3.20. The Kier molecular flexibility index (Phi) is 9.30. The second-order valence-corrected chi connectivity index (χ2v) is 8.61. The molecule has 36 heavy (non-hydrogen) atoms. The molecular weight excluding hydrogens is 484 g/mol. The first-order valence-corrected chi connectivity index (χ1v) is 11.6. The number of hydrogen-bond donors (Lipinski definition) is 2. The minimum atomic E-state index is -1.02. The van der Waals surface area contributed by atoms with E-state index < -0.39 is 24.0 Å². The lowest BCUT2D eigenvalue weighted by Gasteiger charge is -2.21. The molecule has 3 rings (SSSR count). The summed E-state index contributed by atoms with van der Waals surface area (Å²) in [5.41, 5.74) is 1.43. The molecule has 8 nitrogen and oxygen atoms in total. The number of benzene rings is 3. The molecule has 3 aromatic carbocycles. The van der Waals surface area contributed by atoms with Crippen molar-refractivity contribution in [1.29, 1.82) is 0 Å². The molecule has 3 aromatic rings. The van der Waals surface area contributed by atoms with Gasteiger partial charge in [-0.2, -0.15) is 0 Å². The molecule has 0 saturated heterocycles. The van der Waals surface area contributed by atoms with Crippen LogP contribution >= 0.6 is 11.6 Å². The minimum Gasteiger partial charge on any atom is -0.497 e. The first-order chi connectivity index (χ1) is 17.3. The van der Waals surface area contributed by atoms with Crippen LogP contribution in [-0.2, 0) is 16.1 Å². The number of methoxy groups -OCH3 is 1. The lowest BCUT2D eigenvalue weighted by molar-refractivity contribution is -0.137. The van der Waals surface area contributed by atoms with E-state index in [9.17, 15) is 14.4 Å². The quantitative estimate of drug-likeness (QED) is 0.293. The summed E-state index contributed by atoms with van der Waals surface area (Å²) in [7, 11) is 1.55. The van der Waals surface area contributed by atoms with Gasteiger partial charge in [-0.05, 0) is 47.9 Å². The highest BCUT2D eigenvalue weighted by Gasteiger charge is 2.28. The molecule has 0 aliphatic rings. The van der Waals surface area contributed by atoms with Crippen molar-refractivity contribution < 1.29 is 28.6 Å². The normalized spacial score (nSPS) is 11.4. The number of halogens is 1. The highest BCUT2D eigenvalue weighted by molar-refractivity contribution is 6.31. The van der Waals surface area contributed by atoms with Crippen molar-refractivity contribution in [3.05, 3.63) is 88.9 Å². The second kappa shape index (κ2) is 12.6. The molecule has 0 aliphatic heterocycles. The van der Waals surface area contributed by atoms with Crippen LogP contribution < -0.4 is 20.1 Å². The van der Waals surface area contributed by atoms with Crippen LogP contribution in [0.25, 0.3) is 0 Å². The Labute approximate surface area is 214 Å². The predicted molar refractivity (Wildman–Crippen MR) is 136 cm³/mol. The molecule has 0 aliphatic carbocycles. The van der Waals surface area contributed by atoms with E-state index in [0.29, 0.717) is 11.4 Å². The summed E-state index contributed by atoms with van der Waals surface area (Å²) in [5.74, 6) is -0.983. The molecule has 188 valence electrons. The van der Waals surface area contributed by atoms with Crippen molar-refractivity contribution in [3.8, 4) is 11.5 Å². The molecule has 0 saturated carbocycles. The van der Waals surface area contributed by atoms with Crippen molar-refractivity contribution in [2.45, 2.75) is 26.5 Å². The largest absolute Gasteiger partial charge is 0.497 e. The van der Waals surface area contributed by atoms with Gasteiger partial charge in [-0.1, -0.05) is 55.8 Å². The van der Waals surface area contributed by atoms with Gasteiger partial charge in [-0.15, -0.1) is 0 Å². The number of carbonyl (C=O) groups is 3. The van der Waals surface area contributed by atoms with Crippen LogP contribution in [0.4, 0.5) is 10.5 Å². The van der Waals surface area contributed by atoms with Gasteiger partial charge in [-0.3, -0.25) is 4.79 Å². The Morgan fingerprint density at radius 1 is 0.944 bits per heavy atom. The maximum absolute atomic E-state index is 13.0. The van der Waals surface area contributed by atoms with Crippen molar-refractivity contribution >= 4 is 35.3 Å². The number of alkyl carbamates (subject to hydrolysis) is 1. The summed E-state index contributed by atoms with van der Waals surface area (Å²) in [5, 5.41) is 5.55. The predicted octanol–water partition coefficient (Wildman–Crippen LogP) is 5.46. The summed E-state index contributed by atoms with van der Waals surface area (Å²) < 4.78 is 15.9. The van der Waals surface area contributed by atoms with Crippen LogP contribution in [0, 0.1) is 5.92 Å². The summed E-state index contributed by atoms with van der Waals surface area (Å²) in [6.07, 6.45) is -0.766. The molecule has 0 radical (unpaired) electrons. The fraction of sp³-hybridized carbons (Fsp3) is 0.222. The number of esters is 1. The smallest absolute Gasteiger partial charge is 0.408 e. The SMILES string of the molecule is COc1ccc(NC(=O)c2ccc(Cl)cc2OC(=O)[C@@H](NC(=O)OCc2ccccc2)C(C)C)cc1. The van der Waals surface area contributed by atoms with Gasteiger partial charge in [0.15, 0.2) is 0 Å². The zero-order chi connectivity index (χ0) is 26.1. The molecule has 0 aromatic heterocycles. The van der Waals surface area contributed by atoms with Crippen LogP contribution in [0.15, 0.2) is 72.8 Å². The second-order valence-electron chi connectivity index (χ2n) is 8.17. The Morgan fingerprint density at radius 2 is 1.64 bits per heavy atom. The summed E-state index contributed by atoms with van der Waals surface area (Å²) in [6.45, 7) is 3.55. The van der Waals surface area contributed by atoms with Crippen LogP contribution in [0.1, 0.15) is 29.8 Å². The molecule has 0 bridgehead atoms. The van der Waals surface area contributed by atoms with Crippen LogP contribution in [-0.4, -0.2) is 31.1 Å². The minimum absolute atomic E-state index is 0.0383. The van der Waals surface area contributed by atoms with Crippen molar-refractivity contribution in [2.75, 3.05) is 12.4 Å². The van der Waals surface area contributed by atoms with Gasteiger partial charge in [0.2, 0.25) is 0 Å². The van der Waals surface area contributed by atoms with E-state index in [0.717, 1.165) is 5.56 Å². The average molecular weight is 511 g/mol. The molecule has 9 heteroatoms. The molecule has 2 amide bonds. The maximum atomic E-state index is 13.0. The van der Waals surface area contributed by atoms with E-state index in [1.54, 1.807) is 45.2 Å². The standard InChI is InChI=1S/C27H27ClN2O6/c1-17(2)24(30-27(33)35-16-18-7-5-4-6-8-18)26(32)36-23-15-19(28)9-14-22(23)25(31)29-20-10-12-21(34-3)13-11-20/h4-15,17,24H,16H2,1-3H3,(H,29,31)(H,30,33)/t24-/m0/s1. The monoisotopic (exact) mass is 510 g/mol. The maximum Gasteiger partial charge on any atom is 0.408 e. The summed E-state index contributed by atoms with van der Waals surface area (Å²) >= 11 is 6.10. The van der Waals surface area contributed by atoms with E-state index >= 15 is 0 Å². The van der Waals surface area contributed by atoms with Gasteiger partial charge < -0.3 is 24.8 Å². The zero-order valence-electron chi connectivity index (χ0n) is 20.1. The first kappa shape index (κ1) is 26.6. The van der Waals surface area contributed by atoms with Gasteiger partial charge in [0.1, 0.15) is 24.1 Å². The topological polar surface area (TPSA) is 103 Å². The Morgan fingerprint density at radius 3 is 2.28 bits per heavy atom. The molecule has 2 N–H and O–H groups in total. The highest BCUT2D eigenvalue weighted by atomic mass is 35.5. The number of rotatable bonds is 9.